The summed E-state index contributed by atoms with van der Waals surface area (Å²) in [6, 6.07) is 17.2. The Morgan fingerprint density at radius 3 is 2.40 bits per heavy atom. The van der Waals surface area contributed by atoms with Gasteiger partial charge in [-0.3, -0.25) is 9.59 Å². The van der Waals surface area contributed by atoms with Gasteiger partial charge in [-0.2, -0.15) is 13.2 Å². The average Bonchev–Trinajstić information content (AvgIpc) is 3.58. The van der Waals surface area contributed by atoms with Gasteiger partial charge in [-0.1, -0.05) is 54.6 Å². The molecule has 2 aliphatic rings. The highest BCUT2D eigenvalue weighted by Crippen LogP contribution is 2.44. The predicted molar refractivity (Wildman–Crippen MR) is 170 cm³/mol. The number of aromatic hydroxyl groups is 1. The maximum absolute atomic E-state index is 15.0. The quantitative estimate of drug-likeness (QED) is 0.217. The summed E-state index contributed by atoms with van der Waals surface area (Å²) in [4.78, 5) is 45.3. The molecule has 0 aromatic heterocycles. The van der Waals surface area contributed by atoms with Crippen LogP contribution in [0.2, 0.25) is 0 Å². The van der Waals surface area contributed by atoms with Crippen LogP contribution in [0.4, 0.5) is 22.4 Å². The zero-order chi connectivity index (χ0) is 34.6. The number of phenols is 1. The molecule has 0 aliphatic carbocycles. The molecule has 48 heavy (non-hydrogen) atoms. The van der Waals surface area contributed by atoms with Crippen LogP contribution in [0.25, 0.3) is 0 Å². The van der Waals surface area contributed by atoms with Crippen LogP contribution in [-0.4, -0.2) is 89.6 Å². The summed E-state index contributed by atoms with van der Waals surface area (Å²) in [6.45, 7) is 1.89. The Labute approximate surface area is 276 Å². The molecule has 4 atom stereocenters. The summed E-state index contributed by atoms with van der Waals surface area (Å²) >= 11 is 0. The Bertz CT molecular complexity index is 1620. The fraction of sp³-hybridized carbons (Fsp3) is 0.417. The van der Waals surface area contributed by atoms with E-state index in [1.807, 2.05) is 30.3 Å². The molecule has 0 radical (unpaired) electrons. The van der Waals surface area contributed by atoms with Crippen LogP contribution >= 0.6 is 0 Å². The third kappa shape index (κ3) is 7.81. The molecule has 1 N–H and O–H groups in total. The number of benzene rings is 3. The molecule has 0 saturated carbocycles. The maximum Gasteiger partial charge on any atom is 0.409 e. The number of phenolic OH excluding ortho intramolecular Hbond substituents is 1. The minimum Gasteiger partial charge on any atom is -0.508 e. The van der Waals surface area contributed by atoms with E-state index in [1.54, 1.807) is 18.0 Å². The molecule has 2 amide bonds. The van der Waals surface area contributed by atoms with E-state index >= 15 is 0 Å². The van der Waals surface area contributed by atoms with Crippen molar-refractivity contribution >= 4 is 17.8 Å². The molecule has 256 valence electrons. The van der Waals surface area contributed by atoms with Crippen molar-refractivity contribution in [2.45, 2.75) is 44.5 Å². The van der Waals surface area contributed by atoms with E-state index < -0.39 is 53.6 Å². The number of hydrogen-bond donors (Lipinski definition) is 1. The van der Waals surface area contributed by atoms with E-state index in [1.165, 1.54) is 48.2 Å². The minimum absolute atomic E-state index is 0.0166. The van der Waals surface area contributed by atoms with Crippen molar-refractivity contribution in [3.8, 4) is 5.75 Å². The monoisotopic (exact) mass is 669 g/mol. The van der Waals surface area contributed by atoms with E-state index in [2.05, 4.69) is 0 Å². The van der Waals surface area contributed by atoms with Gasteiger partial charge in [-0.15, -0.1) is 0 Å². The Morgan fingerprint density at radius 2 is 1.69 bits per heavy atom. The van der Waals surface area contributed by atoms with Gasteiger partial charge in [0.2, 0.25) is 5.91 Å². The Kier molecular flexibility index (Phi) is 10.7. The molecule has 0 unspecified atom stereocenters. The van der Waals surface area contributed by atoms with Gasteiger partial charge in [-0.05, 0) is 54.7 Å². The normalized spacial score (nSPS) is 21.6. The number of amides is 2. The lowest BCUT2D eigenvalue weighted by Gasteiger charge is -2.45. The highest BCUT2D eigenvalue weighted by Gasteiger charge is 2.52. The van der Waals surface area contributed by atoms with Crippen LogP contribution in [0.15, 0.2) is 72.8 Å². The van der Waals surface area contributed by atoms with Crippen LogP contribution < -0.4 is 0 Å². The van der Waals surface area contributed by atoms with Gasteiger partial charge in [0, 0.05) is 57.2 Å². The zero-order valence-corrected chi connectivity index (χ0v) is 26.8. The minimum atomic E-state index is -4.63. The molecular formula is C36H39F4N3O5. The number of rotatable bonds is 9. The van der Waals surface area contributed by atoms with E-state index in [9.17, 15) is 37.1 Å². The summed E-state index contributed by atoms with van der Waals surface area (Å²) < 4.78 is 62.7. The number of nitrogens with zero attached hydrogens (tertiary/aromatic N) is 3. The van der Waals surface area contributed by atoms with Gasteiger partial charge in [0.15, 0.2) is 5.78 Å². The number of likely N-dealkylation sites (tertiary alicyclic amines) is 2. The Balaban J connectivity index is 1.47. The second-order valence-electron chi connectivity index (χ2n) is 12.6. The third-order valence-corrected chi connectivity index (χ3v) is 9.41. The standard InChI is InChI=1S/C36H39F4N3O5/c1-23-27(13-7-14-30(23)37)32-28(33(45)25-11-6-12-26(44)19-25)20-42(18-17-41(2)35(47)48-22-24-9-4-3-5-10-24)21-29(32)34(46)43-16-8-15-31(43)36(38,39)40/h3-7,9-14,19,28-29,31-32,44H,8,15-18,20-22H2,1-2H3/t28-,29+,31-,32+/m0/s1. The molecule has 2 saturated heterocycles. The van der Waals surface area contributed by atoms with Crippen molar-refractivity contribution in [1.82, 2.24) is 14.7 Å². The van der Waals surface area contributed by atoms with Crippen molar-refractivity contribution in [3.05, 3.63) is 101 Å². The number of piperidine rings is 1. The third-order valence-electron chi connectivity index (χ3n) is 9.41. The van der Waals surface area contributed by atoms with Crippen LogP contribution in [0.5, 0.6) is 5.75 Å². The lowest BCUT2D eigenvalue weighted by atomic mass is 9.69. The number of carbonyl (C=O) groups excluding carboxylic acids is 3. The largest absolute Gasteiger partial charge is 0.508 e. The first-order valence-corrected chi connectivity index (χ1v) is 15.9. The topological polar surface area (TPSA) is 90.4 Å². The number of halogens is 4. The van der Waals surface area contributed by atoms with E-state index in [-0.39, 0.29) is 69.0 Å². The van der Waals surface area contributed by atoms with Crippen LogP contribution in [0.1, 0.15) is 45.8 Å². The number of ketones is 1. The van der Waals surface area contributed by atoms with E-state index in [0.29, 0.717) is 5.56 Å². The van der Waals surface area contributed by atoms with Gasteiger partial charge in [0.05, 0.1) is 5.92 Å². The Morgan fingerprint density at radius 1 is 0.979 bits per heavy atom. The predicted octanol–water partition coefficient (Wildman–Crippen LogP) is 6.18. The summed E-state index contributed by atoms with van der Waals surface area (Å²) in [5.74, 6) is -4.98. The summed E-state index contributed by atoms with van der Waals surface area (Å²) in [5.41, 5.74) is 1.54. The number of ether oxygens (including phenoxy) is 1. The summed E-state index contributed by atoms with van der Waals surface area (Å²) in [5, 5.41) is 10.1. The van der Waals surface area contributed by atoms with Crippen LogP contribution in [-0.2, 0) is 16.1 Å². The lowest BCUT2D eigenvalue weighted by molar-refractivity contribution is -0.185. The first-order valence-electron chi connectivity index (χ1n) is 15.9. The molecule has 3 aromatic rings. The van der Waals surface area contributed by atoms with E-state index in [4.69, 9.17) is 4.74 Å². The summed E-state index contributed by atoms with van der Waals surface area (Å²) in [7, 11) is 1.55. The first-order chi connectivity index (χ1) is 22.8. The van der Waals surface area contributed by atoms with Crippen molar-refractivity contribution in [3.63, 3.8) is 0 Å². The van der Waals surface area contributed by atoms with Gasteiger partial charge in [0.25, 0.3) is 0 Å². The molecule has 2 heterocycles. The number of likely N-dealkylation sites (N-methyl/N-ethyl adjacent to an activating group) is 1. The molecule has 5 rings (SSSR count). The highest BCUT2D eigenvalue weighted by atomic mass is 19.4. The van der Waals surface area contributed by atoms with Gasteiger partial charge in [-0.25, -0.2) is 9.18 Å². The van der Waals surface area contributed by atoms with Crippen molar-refractivity contribution in [1.29, 1.82) is 0 Å². The van der Waals surface area contributed by atoms with Crippen LogP contribution in [0, 0.1) is 24.6 Å². The number of Topliss-reactive ketones (excluding diaryl/α,β-unsaturated/α-hetero) is 1. The van der Waals surface area contributed by atoms with Gasteiger partial charge in [0.1, 0.15) is 24.2 Å². The smallest absolute Gasteiger partial charge is 0.409 e. The number of alkyl halides is 3. The lowest BCUT2D eigenvalue weighted by Crippen LogP contribution is -2.56. The van der Waals surface area contributed by atoms with Gasteiger partial charge < -0.3 is 24.5 Å². The Hall–Kier alpha value is -4.45. The second kappa shape index (κ2) is 14.8. The highest BCUT2D eigenvalue weighted by molar-refractivity contribution is 5.99. The SMILES string of the molecule is Cc1c(F)cccc1[C@@H]1[C@@H](C(=O)c2cccc(O)c2)CN(CCN(C)C(=O)OCc2ccccc2)C[C@H]1C(=O)N1CCC[C@H]1C(F)(F)F. The molecule has 3 aromatic carbocycles. The average molecular weight is 670 g/mol. The van der Waals surface area contributed by atoms with Crippen LogP contribution in [0.3, 0.4) is 0 Å². The maximum atomic E-state index is 15.0. The molecule has 2 aliphatic heterocycles. The number of hydrogen-bond acceptors (Lipinski definition) is 6. The van der Waals surface area contributed by atoms with Gasteiger partial charge >= 0.3 is 12.3 Å². The molecule has 2 fully saturated rings. The zero-order valence-electron chi connectivity index (χ0n) is 26.8. The first kappa shape index (κ1) is 34.9. The molecule has 0 bridgehead atoms. The molecule has 12 heteroatoms. The number of carbonyl (C=O) groups is 3. The molecule has 8 nitrogen and oxygen atoms in total. The fourth-order valence-corrected chi connectivity index (χ4v) is 6.89. The fourth-order valence-electron chi connectivity index (χ4n) is 6.89. The molecule has 0 spiro atoms. The second-order valence-corrected chi connectivity index (χ2v) is 12.6. The van der Waals surface area contributed by atoms with E-state index in [0.717, 1.165) is 10.5 Å². The van der Waals surface area contributed by atoms with Crippen molar-refractivity contribution in [2.75, 3.05) is 39.8 Å². The summed E-state index contributed by atoms with van der Waals surface area (Å²) in [6.07, 6.45) is -5.27. The van der Waals surface area contributed by atoms with Crippen molar-refractivity contribution < 1.29 is 41.8 Å². The molecular weight excluding hydrogens is 630 g/mol. The van der Waals surface area contributed by atoms with Crippen molar-refractivity contribution in [2.24, 2.45) is 11.8 Å².